The Kier molecular flexibility index (Phi) is 4.90. The van der Waals surface area contributed by atoms with Gasteiger partial charge in [0.1, 0.15) is 17.7 Å². The van der Waals surface area contributed by atoms with E-state index in [0.29, 0.717) is 0 Å². The van der Waals surface area contributed by atoms with Crippen LogP contribution in [0.2, 0.25) is 0 Å². The van der Waals surface area contributed by atoms with Crippen molar-refractivity contribution in [3.63, 3.8) is 0 Å². The van der Waals surface area contributed by atoms with Crippen LogP contribution < -0.4 is 0 Å². The number of rotatable bonds is 4. The molecule has 1 rings (SSSR count). The van der Waals surface area contributed by atoms with Crippen LogP contribution >= 0.6 is 0 Å². The number of carbonyl (C=O) groups excluding carboxylic acids is 3. The van der Waals surface area contributed by atoms with Gasteiger partial charge in [0.15, 0.2) is 11.5 Å². The van der Waals surface area contributed by atoms with Crippen LogP contribution in [0.4, 0.5) is 0 Å². The summed E-state index contributed by atoms with van der Waals surface area (Å²) in [4.78, 5) is 42.5. The first-order valence-electron chi connectivity index (χ1n) is 5.89. The molecular weight excluding hydrogens is 264 g/mol. The molecule has 0 saturated carbocycles. The van der Waals surface area contributed by atoms with E-state index in [0.717, 1.165) is 0 Å². The Bertz CT molecular complexity index is 534. The fourth-order valence-corrected chi connectivity index (χ4v) is 1.38. The molecule has 0 N–H and O–H groups in total. The number of hydrogen-bond acceptors (Lipinski definition) is 7. The Morgan fingerprint density at radius 1 is 1.10 bits per heavy atom. The highest BCUT2D eigenvalue weighted by atomic mass is 16.6. The van der Waals surface area contributed by atoms with Crippen molar-refractivity contribution in [2.75, 3.05) is 7.11 Å². The number of ether oxygens (including phenoxy) is 2. The summed E-state index contributed by atoms with van der Waals surface area (Å²) in [5, 5.41) is 0. The molecule has 0 amide bonds. The summed E-state index contributed by atoms with van der Waals surface area (Å²) in [6.07, 6.45) is 2.01. The first kappa shape index (κ1) is 15.7. The number of hydrogen-bond donors (Lipinski definition) is 0. The monoisotopic (exact) mass is 280 g/mol. The van der Waals surface area contributed by atoms with Crippen LogP contribution in [0.25, 0.3) is 0 Å². The third-order valence-electron chi connectivity index (χ3n) is 2.07. The van der Waals surface area contributed by atoms with Gasteiger partial charge in [-0.05, 0) is 20.8 Å². The SMILES string of the molecule is COC(=O)c1nccnc1C(=O)CC(=O)OC(C)(C)C. The number of esters is 2. The predicted octanol–water partition coefficient (Wildman–Crippen LogP) is 1.18. The molecular formula is C13H16N2O5. The van der Waals surface area contributed by atoms with Gasteiger partial charge in [-0.15, -0.1) is 0 Å². The first-order valence-corrected chi connectivity index (χ1v) is 5.89. The minimum Gasteiger partial charge on any atom is -0.464 e. The summed E-state index contributed by atoms with van der Waals surface area (Å²) in [6, 6.07) is 0. The second-order valence-corrected chi connectivity index (χ2v) is 4.93. The van der Waals surface area contributed by atoms with E-state index in [2.05, 4.69) is 14.7 Å². The van der Waals surface area contributed by atoms with Gasteiger partial charge in [-0.25, -0.2) is 14.8 Å². The molecule has 0 radical (unpaired) electrons. The normalized spacial score (nSPS) is 10.8. The van der Waals surface area contributed by atoms with Gasteiger partial charge in [-0.1, -0.05) is 0 Å². The quantitative estimate of drug-likeness (QED) is 0.464. The largest absolute Gasteiger partial charge is 0.464 e. The average Bonchev–Trinajstić information content (AvgIpc) is 2.35. The second kappa shape index (κ2) is 6.23. The van der Waals surface area contributed by atoms with Crippen molar-refractivity contribution in [3.05, 3.63) is 23.8 Å². The molecule has 0 saturated heterocycles. The first-order chi connectivity index (χ1) is 9.24. The average molecular weight is 280 g/mol. The van der Waals surface area contributed by atoms with Crippen molar-refractivity contribution in [1.82, 2.24) is 9.97 Å². The molecule has 7 nitrogen and oxygen atoms in total. The predicted molar refractivity (Wildman–Crippen MR) is 68.2 cm³/mol. The summed E-state index contributed by atoms with van der Waals surface area (Å²) in [5.74, 6) is -2.12. The third kappa shape index (κ3) is 4.42. The molecule has 1 aromatic rings. The Balaban J connectivity index is 2.88. The third-order valence-corrected chi connectivity index (χ3v) is 2.07. The topological polar surface area (TPSA) is 95.5 Å². The van der Waals surface area contributed by atoms with Crippen molar-refractivity contribution >= 4 is 17.7 Å². The maximum atomic E-state index is 12.0. The van der Waals surface area contributed by atoms with Gasteiger partial charge in [0, 0.05) is 12.4 Å². The highest BCUT2D eigenvalue weighted by Gasteiger charge is 2.25. The molecule has 0 fully saturated rings. The van der Waals surface area contributed by atoms with Crippen LogP contribution in [0, 0.1) is 0 Å². The molecule has 20 heavy (non-hydrogen) atoms. The van der Waals surface area contributed by atoms with Gasteiger partial charge in [-0.3, -0.25) is 9.59 Å². The molecule has 0 aliphatic carbocycles. The fraction of sp³-hybridized carbons (Fsp3) is 0.462. The maximum absolute atomic E-state index is 12.0. The zero-order chi connectivity index (χ0) is 15.3. The highest BCUT2D eigenvalue weighted by Crippen LogP contribution is 2.11. The van der Waals surface area contributed by atoms with Crippen LogP contribution in [0.5, 0.6) is 0 Å². The summed E-state index contributed by atoms with van der Waals surface area (Å²) < 4.78 is 9.54. The van der Waals surface area contributed by atoms with Crippen LogP contribution in [-0.4, -0.2) is 40.4 Å². The molecule has 0 atom stereocenters. The van der Waals surface area contributed by atoms with E-state index in [-0.39, 0.29) is 11.4 Å². The van der Waals surface area contributed by atoms with Gasteiger partial charge >= 0.3 is 11.9 Å². The molecule has 0 aliphatic rings. The molecule has 0 aliphatic heterocycles. The summed E-state index contributed by atoms with van der Waals surface area (Å²) >= 11 is 0. The van der Waals surface area contributed by atoms with E-state index in [1.54, 1.807) is 20.8 Å². The van der Waals surface area contributed by atoms with Crippen molar-refractivity contribution in [2.24, 2.45) is 0 Å². The zero-order valence-electron chi connectivity index (χ0n) is 11.8. The summed E-state index contributed by atoms with van der Waals surface area (Å²) in [5.41, 5.74) is -1.11. The van der Waals surface area contributed by atoms with Gasteiger partial charge in [0.05, 0.1) is 7.11 Å². The van der Waals surface area contributed by atoms with Crippen LogP contribution in [0.15, 0.2) is 12.4 Å². The Hall–Kier alpha value is -2.31. The summed E-state index contributed by atoms with van der Waals surface area (Å²) in [6.45, 7) is 5.08. The number of nitrogens with zero attached hydrogens (tertiary/aromatic N) is 2. The van der Waals surface area contributed by atoms with Crippen molar-refractivity contribution < 1.29 is 23.9 Å². The molecule has 108 valence electrons. The molecule has 7 heteroatoms. The maximum Gasteiger partial charge on any atom is 0.359 e. The number of methoxy groups -OCH3 is 1. The van der Waals surface area contributed by atoms with E-state index in [1.807, 2.05) is 0 Å². The molecule has 0 spiro atoms. The smallest absolute Gasteiger partial charge is 0.359 e. The van der Waals surface area contributed by atoms with Gasteiger partial charge < -0.3 is 9.47 Å². The van der Waals surface area contributed by atoms with Crippen LogP contribution in [0.3, 0.4) is 0 Å². The summed E-state index contributed by atoms with van der Waals surface area (Å²) in [7, 11) is 1.17. The van der Waals surface area contributed by atoms with Crippen molar-refractivity contribution in [3.8, 4) is 0 Å². The lowest BCUT2D eigenvalue weighted by molar-refractivity contribution is -0.153. The Labute approximate surface area is 116 Å². The molecule has 0 bridgehead atoms. The lowest BCUT2D eigenvalue weighted by atomic mass is 10.1. The molecule has 1 aromatic heterocycles. The fourth-order valence-electron chi connectivity index (χ4n) is 1.38. The molecule has 1 heterocycles. The van der Waals surface area contributed by atoms with E-state index >= 15 is 0 Å². The minimum absolute atomic E-state index is 0.204. The molecule has 0 aromatic carbocycles. The molecule has 0 unspecified atom stereocenters. The number of carbonyl (C=O) groups is 3. The lowest BCUT2D eigenvalue weighted by Gasteiger charge is -2.19. The van der Waals surface area contributed by atoms with Crippen LogP contribution in [0.1, 0.15) is 48.2 Å². The lowest BCUT2D eigenvalue weighted by Crippen LogP contribution is -2.26. The number of Topliss-reactive ketones (excluding diaryl/α,β-unsaturated/α-hetero) is 1. The Morgan fingerprint density at radius 3 is 2.15 bits per heavy atom. The van der Waals surface area contributed by atoms with Crippen molar-refractivity contribution in [1.29, 1.82) is 0 Å². The minimum atomic E-state index is -0.786. The zero-order valence-corrected chi connectivity index (χ0v) is 11.8. The highest BCUT2D eigenvalue weighted by molar-refractivity contribution is 6.09. The van der Waals surface area contributed by atoms with Crippen LogP contribution in [-0.2, 0) is 14.3 Å². The van der Waals surface area contributed by atoms with Gasteiger partial charge in [-0.2, -0.15) is 0 Å². The van der Waals surface area contributed by atoms with E-state index in [4.69, 9.17) is 4.74 Å². The van der Waals surface area contributed by atoms with Crippen molar-refractivity contribution in [2.45, 2.75) is 32.8 Å². The van der Waals surface area contributed by atoms with E-state index < -0.39 is 29.7 Å². The Morgan fingerprint density at radius 2 is 1.65 bits per heavy atom. The van der Waals surface area contributed by atoms with Gasteiger partial charge in [0.2, 0.25) is 0 Å². The second-order valence-electron chi connectivity index (χ2n) is 4.93. The number of aromatic nitrogens is 2. The van der Waals surface area contributed by atoms with E-state index in [1.165, 1.54) is 19.5 Å². The standard InChI is InChI=1S/C13H16N2O5/c1-13(2,3)20-9(17)7-8(16)10-11(12(18)19-4)15-6-5-14-10/h5-6H,7H2,1-4H3. The number of ketones is 1. The van der Waals surface area contributed by atoms with E-state index in [9.17, 15) is 14.4 Å². The van der Waals surface area contributed by atoms with Gasteiger partial charge in [0.25, 0.3) is 0 Å².